The van der Waals surface area contributed by atoms with Crippen molar-refractivity contribution in [1.29, 1.82) is 0 Å². The van der Waals surface area contributed by atoms with Gasteiger partial charge < -0.3 is 10.1 Å². The number of para-hydroxylation sites is 1. The topological polar surface area (TPSA) is 55.4 Å². The zero-order chi connectivity index (χ0) is 16.1. The largest absolute Gasteiger partial charge is 0.449 e. The van der Waals surface area contributed by atoms with Gasteiger partial charge in [0.2, 0.25) is 0 Å². The Morgan fingerprint density at radius 2 is 1.86 bits per heavy atom. The maximum Gasteiger partial charge on any atom is 0.339 e. The number of aryl methyl sites for hydroxylation is 1. The number of carbonyl (C=O) groups excluding carboxylic acids is 2. The number of esters is 1. The minimum atomic E-state index is -0.990. The van der Waals surface area contributed by atoms with E-state index in [0.29, 0.717) is 5.69 Å². The van der Waals surface area contributed by atoms with E-state index in [9.17, 15) is 14.0 Å². The van der Waals surface area contributed by atoms with E-state index in [0.717, 1.165) is 11.6 Å². The molecule has 0 fully saturated rings. The molecular weight excluding hydrogens is 285 g/mol. The van der Waals surface area contributed by atoms with Gasteiger partial charge in [0, 0.05) is 5.69 Å². The van der Waals surface area contributed by atoms with Crippen LogP contribution in [0.1, 0.15) is 22.8 Å². The molecule has 0 heterocycles. The molecule has 0 aromatic heterocycles. The van der Waals surface area contributed by atoms with Crippen molar-refractivity contribution in [3.8, 4) is 0 Å². The Labute approximate surface area is 127 Å². The molecule has 0 saturated heterocycles. The van der Waals surface area contributed by atoms with Gasteiger partial charge in [-0.05, 0) is 43.7 Å². The Morgan fingerprint density at radius 3 is 2.55 bits per heavy atom. The summed E-state index contributed by atoms with van der Waals surface area (Å²) in [6.07, 6.45) is -0.990. The lowest BCUT2D eigenvalue weighted by molar-refractivity contribution is -0.123. The Kier molecular flexibility index (Phi) is 4.88. The summed E-state index contributed by atoms with van der Waals surface area (Å²) in [5.74, 6) is -1.72. The third-order valence-corrected chi connectivity index (χ3v) is 3.12. The van der Waals surface area contributed by atoms with Gasteiger partial charge in [-0.25, -0.2) is 9.18 Å². The van der Waals surface area contributed by atoms with Crippen LogP contribution in [-0.2, 0) is 9.53 Å². The summed E-state index contributed by atoms with van der Waals surface area (Å²) >= 11 is 0. The zero-order valence-electron chi connectivity index (χ0n) is 12.3. The lowest BCUT2D eigenvalue weighted by atomic mass is 10.2. The maximum atomic E-state index is 13.1. The summed E-state index contributed by atoms with van der Waals surface area (Å²) in [7, 11) is 0. The second kappa shape index (κ2) is 6.85. The van der Waals surface area contributed by atoms with Crippen molar-refractivity contribution in [2.75, 3.05) is 5.32 Å². The highest BCUT2D eigenvalue weighted by Gasteiger charge is 2.19. The SMILES string of the molecule is Cc1ccccc1NC(=O)C(C)OC(=O)c1cccc(F)c1. The number of rotatable bonds is 4. The molecule has 1 unspecified atom stereocenters. The molecule has 0 aliphatic carbocycles. The average Bonchev–Trinajstić information content (AvgIpc) is 2.49. The van der Waals surface area contributed by atoms with E-state index >= 15 is 0 Å². The minimum absolute atomic E-state index is 0.0653. The predicted molar refractivity (Wildman–Crippen MR) is 81.1 cm³/mol. The third kappa shape index (κ3) is 3.91. The quantitative estimate of drug-likeness (QED) is 0.881. The molecule has 2 rings (SSSR count). The molecular formula is C17H16FNO3. The fourth-order valence-corrected chi connectivity index (χ4v) is 1.85. The summed E-state index contributed by atoms with van der Waals surface area (Å²) in [4.78, 5) is 23.9. The highest BCUT2D eigenvalue weighted by Crippen LogP contribution is 2.14. The van der Waals surface area contributed by atoms with E-state index in [1.807, 2.05) is 19.1 Å². The molecule has 4 nitrogen and oxygen atoms in total. The van der Waals surface area contributed by atoms with Crippen molar-refractivity contribution in [3.63, 3.8) is 0 Å². The molecule has 2 aromatic carbocycles. The fourth-order valence-electron chi connectivity index (χ4n) is 1.85. The van der Waals surface area contributed by atoms with Crippen LogP contribution in [-0.4, -0.2) is 18.0 Å². The number of anilines is 1. The van der Waals surface area contributed by atoms with E-state index < -0.39 is 23.8 Å². The number of ether oxygens (including phenoxy) is 1. The van der Waals surface area contributed by atoms with Crippen molar-refractivity contribution in [2.45, 2.75) is 20.0 Å². The smallest absolute Gasteiger partial charge is 0.339 e. The number of benzene rings is 2. The first-order chi connectivity index (χ1) is 10.5. The van der Waals surface area contributed by atoms with Crippen LogP contribution in [0.25, 0.3) is 0 Å². The molecule has 0 aliphatic heterocycles. The molecule has 1 atom stereocenters. The van der Waals surface area contributed by atoms with Crippen LogP contribution in [0.15, 0.2) is 48.5 Å². The molecule has 0 spiro atoms. The van der Waals surface area contributed by atoms with Crippen molar-refractivity contribution in [1.82, 2.24) is 0 Å². The average molecular weight is 301 g/mol. The van der Waals surface area contributed by atoms with Gasteiger partial charge in [-0.15, -0.1) is 0 Å². The molecule has 0 saturated carbocycles. The van der Waals surface area contributed by atoms with Gasteiger partial charge in [-0.3, -0.25) is 4.79 Å². The van der Waals surface area contributed by atoms with Gasteiger partial charge in [-0.1, -0.05) is 24.3 Å². The molecule has 22 heavy (non-hydrogen) atoms. The normalized spacial score (nSPS) is 11.6. The Hall–Kier alpha value is -2.69. The van der Waals surface area contributed by atoms with E-state index in [1.54, 1.807) is 12.1 Å². The Balaban J connectivity index is 1.99. The van der Waals surface area contributed by atoms with Crippen molar-refractivity contribution in [2.24, 2.45) is 0 Å². The van der Waals surface area contributed by atoms with E-state index in [4.69, 9.17) is 4.74 Å². The van der Waals surface area contributed by atoms with Crippen LogP contribution in [0.3, 0.4) is 0 Å². The van der Waals surface area contributed by atoms with Crippen molar-refractivity contribution >= 4 is 17.6 Å². The van der Waals surface area contributed by atoms with E-state index in [2.05, 4.69) is 5.32 Å². The number of amides is 1. The van der Waals surface area contributed by atoms with Gasteiger partial charge in [0.05, 0.1) is 5.56 Å². The molecule has 114 valence electrons. The highest BCUT2D eigenvalue weighted by molar-refractivity contribution is 5.97. The second-order valence-electron chi connectivity index (χ2n) is 4.86. The van der Waals surface area contributed by atoms with Crippen LogP contribution in [0.5, 0.6) is 0 Å². The Morgan fingerprint density at radius 1 is 1.14 bits per heavy atom. The summed E-state index contributed by atoms with van der Waals surface area (Å²) in [6, 6.07) is 12.4. The molecule has 0 bridgehead atoms. The van der Waals surface area contributed by atoms with Crippen LogP contribution >= 0.6 is 0 Å². The zero-order valence-corrected chi connectivity index (χ0v) is 12.3. The number of nitrogens with one attached hydrogen (secondary N) is 1. The minimum Gasteiger partial charge on any atom is -0.449 e. The van der Waals surface area contributed by atoms with Gasteiger partial charge in [0.15, 0.2) is 6.10 Å². The van der Waals surface area contributed by atoms with Crippen molar-refractivity contribution < 1.29 is 18.7 Å². The third-order valence-electron chi connectivity index (χ3n) is 3.12. The summed E-state index contributed by atoms with van der Waals surface area (Å²) in [5.41, 5.74) is 1.62. The lowest BCUT2D eigenvalue weighted by Crippen LogP contribution is -2.30. The molecule has 5 heteroatoms. The summed E-state index contributed by atoms with van der Waals surface area (Å²) < 4.78 is 18.1. The maximum absolute atomic E-state index is 13.1. The monoisotopic (exact) mass is 301 g/mol. The van der Waals surface area contributed by atoms with E-state index in [-0.39, 0.29) is 5.56 Å². The van der Waals surface area contributed by atoms with Gasteiger partial charge >= 0.3 is 5.97 Å². The first-order valence-electron chi connectivity index (χ1n) is 6.80. The number of hydrogen-bond donors (Lipinski definition) is 1. The molecule has 0 radical (unpaired) electrons. The fraction of sp³-hybridized carbons (Fsp3) is 0.176. The molecule has 2 aromatic rings. The van der Waals surface area contributed by atoms with Crippen molar-refractivity contribution in [3.05, 3.63) is 65.5 Å². The first-order valence-corrected chi connectivity index (χ1v) is 6.80. The predicted octanol–water partition coefficient (Wildman–Crippen LogP) is 3.32. The molecule has 1 N–H and O–H groups in total. The van der Waals surface area contributed by atoms with Gasteiger partial charge in [0.25, 0.3) is 5.91 Å². The number of carbonyl (C=O) groups is 2. The Bertz CT molecular complexity index is 700. The van der Waals surface area contributed by atoms with Crippen LogP contribution in [0, 0.1) is 12.7 Å². The van der Waals surface area contributed by atoms with Gasteiger partial charge in [-0.2, -0.15) is 0 Å². The summed E-state index contributed by atoms with van der Waals surface area (Å²) in [6.45, 7) is 3.32. The number of hydrogen-bond acceptors (Lipinski definition) is 3. The lowest BCUT2D eigenvalue weighted by Gasteiger charge is -2.14. The number of halogens is 1. The molecule has 1 amide bonds. The van der Waals surface area contributed by atoms with Crippen LogP contribution < -0.4 is 5.32 Å². The van der Waals surface area contributed by atoms with Crippen LogP contribution in [0.2, 0.25) is 0 Å². The standard InChI is InChI=1S/C17H16FNO3/c1-11-6-3-4-9-15(11)19-16(20)12(2)22-17(21)13-7-5-8-14(18)10-13/h3-10,12H,1-2H3,(H,19,20). The highest BCUT2D eigenvalue weighted by atomic mass is 19.1. The summed E-state index contributed by atoms with van der Waals surface area (Å²) in [5, 5.41) is 2.69. The second-order valence-corrected chi connectivity index (χ2v) is 4.86. The molecule has 0 aliphatic rings. The first kappa shape index (κ1) is 15.7. The van der Waals surface area contributed by atoms with E-state index in [1.165, 1.54) is 25.1 Å². The van der Waals surface area contributed by atoms with Crippen LogP contribution in [0.4, 0.5) is 10.1 Å². The van der Waals surface area contributed by atoms with Gasteiger partial charge in [0.1, 0.15) is 5.82 Å².